The van der Waals surface area contributed by atoms with Crippen LogP contribution in [0.1, 0.15) is 22.3 Å². The Morgan fingerprint density at radius 2 is 0.857 bits per heavy atom. The fourth-order valence-corrected chi connectivity index (χ4v) is 11.6. The molecule has 0 aliphatic heterocycles. The minimum absolute atomic E-state index is 0.488. The van der Waals surface area contributed by atoms with E-state index in [1.807, 2.05) is 6.07 Å². The first-order chi connectivity index (χ1) is 34.7. The summed E-state index contributed by atoms with van der Waals surface area (Å²) < 4.78 is 8.97. The van der Waals surface area contributed by atoms with Crippen LogP contribution < -0.4 is 4.90 Å². The van der Waals surface area contributed by atoms with Gasteiger partial charge in [0.1, 0.15) is 11.2 Å². The van der Waals surface area contributed by atoms with Gasteiger partial charge >= 0.3 is 0 Å². The first kappa shape index (κ1) is 39.9. The van der Waals surface area contributed by atoms with Crippen molar-refractivity contribution in [2.45, 2.75) is 5.41 Å². The Morgan fingerprint density at radius 3 is 1.57 bits per heavy atom. The highest BCUT2D eigenvalue weighted by Gasteiger charge is 2.45. The van der Waals surface area contributed by atoms with E-state index in [0.29, 0.717) is 0 Å². The Balaban J connectivity index is 0.908. The van der Waals surface area contributed by atoms with Crippen LogP contribution in [0.4, 0.5) is 17.1 Å². The SMILES string of the molecule is c1ccc(C2(c3ccc(N(c4ccc(-c5cccc(-n6c7ccccc7c7ccccc76)c5)cc4)c4cccc(-c5cccc6c5oc5ccccc56)c4)cc3)c3ccccc3-c3ccccc32)cc1. The van der Waals surface area contributed by atoms with Gasteiger partial charge in [0.15, 0.2) is 0 Å². The van der Waals surface area contributed by atoms with E-state index in [1.165, 1.54) is 55.2 Å². The van der Waals surface area contributed by atoms with Gasteiger partial charge in [-0.1, -0.05) is 200 Å². The van der Waals surface area contributed by atoms with Gasteiger partial charge in [-0.25, -0.2) is 0 Å². The molecule has 2 aromatic heterocycles. The van der Waals surface area contributed by atoms with E-state index < -0.39 is 5.41 Å². The fraction of sp³-hybridized carbons (Fsp3) is 0.0149. The Labute approximate surface area is 406 Å². The van der Waals surface area contributed by atoms with Crippen LogP contribution in [0.25, 0.3) is 82.8 Å². The van der Waals surface area contributed by atoms with Crippen molar-refractivity contribution in [2.24, 2.45) is 0 Å². The smallest absolute Gasteiger partial charge is 0.143 e. The second-order valence-corrected chi connectivity index (χ2v) is 18.4. The average molecular weight is 893 g/mol. The molecular formula is C67H44N2O. The van der Waals surface area contributed by atoms with Crippen LogP contribution in [0.5, 0.6) is 0 Å². The molecule has 0 N–H and O–H groups in total. The monoisotopic (exact) mass is 892 g/mol. The highest BCUT2D eigenvalue weighted by molar-refractivity contribution is 6.10. The van der Waals surface area contributed by atoms with E-state index in [9.17, 15) is 0 Å². The molecule has 14 rings (SSSR count). The zero-order valence-corrected chi connectivity index (χ0v) is 38.2. The summed E-state index contributed by atoms with van der Waals surface area (Å²) in [4.78, 5) is 2.39. The van der Waals surface area contributed by atoms with E-state index in [2.05, 4.69) is 270 Å². The summed E-state index contributed by atoms with van der Waals surface area (Å²) in [6.07, 6.45) is 0. The lowest BCUT2D eigenvalue weighted by molar-refractivity contribution is 0.670. The average Bonchev–Trinajstić information content (AvgIpc) is 4.09. The van der Waals surface area contributed by atoms with Gasteiger partial charge in [-0.2, -0.15) is 0 Å². The number of hydrogen-bond acceptors (Lipinski definition) is 2. The number of rotatable bonds is 8. The van der Waals surface area contributed by atoms with E-state index in [4.69, 9.17) is 4.42 Å². The molecule has 0 amide bonds. The summed E-state index contributed by atoms with van der Waals surface area (Å²) >= 11 is 0. The predicted molar refractivity (Wildman–Crippen MR) is 291 cm³/mol. The van der Waals surface area contributed by atoms with Crippen LogP contribution in [0, 0.1) is 0 Å². The predicted octanol–water partition coefficient (Wildman–Crippen LogP) is 17.8. The third kappa shape index (κ3) is 6.08. The van der Waals surface area contributed by atoms with Gasteiger partial charge in [-0.3, -0.25) is 0 Å². The van der Waals surface area contributed by atoms with Gasteiger partial charge in [0.2, 0.25) is 0 Å². The second-order valence-electron chi connectivity index (χ2n) is 18.4. The molecule has 0 saturated heterocycles. The van der Waals surface area contributed by atoms with E-state index in [0.717, 1.165) is 66.9 Å². The number of aromatic nitrogens is 1. The van der Waals surface area contributed by atoms with Crippen molar-refractivity contribution in [2.75, 3.05) is 4.90 Å². The zero-order chi connectivity index (χ0) is 46.2. The summed E-state index contributed by atoms with van der Waals surface area (Å²) in [6.45, 7) is 0. The van der Waals surface area contributed by atoms with Crippen LogP contribution in [-0.4, -0.2) is 4.57 Å². The maximum Gasteiger partial charge on any atom is 0.143 e. The minimum Gasteiger partial charge on any atom is -0.455 e. The Bertz CT molecular complexity index is 4020. The van der Waals surface area contributed by atoms with E-state index in [-0.39, 0.29) is 0 Å². The lowest BCUT2D eigenvalue weighted by Gasteiger charge is -2.34. The van der Waals surface area contributed by atoms with Crippen LogP contribution in [0.15, 0.2) is 271 Å². The molecule has 0 bridgehead atoms. The second kappa shape index (κ2) is 16.0. The number of anilines is 3. The van der Waals surface area contributed by atoms with E-state index >= 15 is 0 Å². The number of hydrogen-bond donors (Lipinski definition) is 0. The number of fused-ring (bicyclic) bond motifs is 9. The molecule has 0 radical (unpaired) electrons. The zero-order valence-electron chi connectivity index (χ0n) is 38.2. The third-order valence-electron chi connectivity index (χ3n) is 14.7. The summed E-state index contributed by atoms with van der Waals surface area (Å²) in [6, 6.07) is 97.2. The Kier molecular flexibility index (Phi) is 9.11. The highest BCUT2D eigenvalue weighted by atomic mass is 16.3. The number of benzene rings is 11. The normalized spacial score (nSPS) is 12.7. The molecule has 13 aromatic rings. The van der Waals surface area contributed by atoms with Crippen molar-refractivity contribution in [3.05, 3.63) is 289 Å². The largest absolute Gasteiger partial charge is 0.455 e. The van der Waals surface area contributed by atoms with Gasteiger partial charge in [0.25, 0.3) is 0 Å². The molecule has 3 nitrogen and oxygen atoms in total. The molecule has 0 saturated carbocycles. The van der Waals surface area contributed by atoms with Crippen LogP contribution in [-0.2, 0) is 5.41 Å². The van der Waals surface area contributed by atoms with Crippen molar-refractivity contribution >= 4 is 60.8 Å². The Morgan fingerprint density at radius 1 is 0.329 bits per heavy atom. The van der Waals surface area contributed by atoms with Crippen molar-refractivity contribution in [3.63, 3.8) is 0 Å². The summed E-state index contributed by atoms with van der Waals surface area (Å²) in [5.41, 5.74) is 20.1. The first-order valence-corrected chi connectivity index (χ1v) is 24.1. The highest BCUT2D eigenvalue weighted by Crippen LogP contribution is 2.56. The van der Waals surface area contributed by atoms with Gasteiger partial charge < -0.3 is 13.9 Å². The van der Waals surface area contributed by atoms with Crippen molar-refractivity contribution in [1.82, 2.24) is 4.57 Å². The summed E-state index contributed by atoms with van der Waals surface area (Å²) in [5.74, 6) is 0. The van der Waals surface area contributed by atoms with Gasteiger partial charge in [0, 0.05) is 49.9 Å². The molecule has 0 fully saturated rings. The van der Waals surface area contributed by atoms with Gasteiger partial charge in [-0.15, -0.1) is 0 Å². The molecule has 0 spiro atoms. The maximum absolute atomic E-state index is 6.58. The topological polar surface area (TPSA) is 21.3 Å². The lowest BCUT2D eigenvalue weighted by atomic mass is 9.68. The van der Waals surface area contributed by atoms with Crippen LogP contribution in [0.3, 0.4) is 0 Å². The molecule has 1 aliphatic carbocycles. The minimum atomic E-state index is -0.488. The van der Waals surface area contributed by atoms with Crippen molar-refractivity contribution in [1.29, 1.82) is 0 Å². The standard InChI is InChI=1S/C67H44N2O/c1-2-19-48(20-3-1)67(61-30-9-4-23-55(61)56-24-5-10-31-62(56)67)49-37-41-51(42-38-49)68(52-21-15-18-47(44-52)54-28-16-29-60-59-27-8-13-34-65(59)70-66(54)60)50-39-35-45(36-40-50)46-17-14-22-53(43-46)69-63-32-11-6-25-57(63)58-26-7-12-33-64(58)69/h1-44H. The third-order valence-corrected chi connectivity index (χ3v) is 14.7. The van der Waals surface area contributed by atoms with E-state index in [1.54, 1.807) is 0 Å². The maximum atomic E-state index is 6.58. The Hall–Kier alpha value is -9.18. The molecule has 2 heterocycles. The molecule has 1 aliphatic rings. The molecule has 3 heteroatoms. The number of nitrogens with zero attached hydrogens (tertiary/aromatic N) is 2. The van der Waals surface area contributed by atoms with Crippen LogP contribution in [0.2, 0.25) is 0 Å². The molecule has 11 aromatic carbocycles. The molecule has 70 heavy (non-hydrogen) atoms. The molecule has 0 atom stereocenters. The van der Waals surface area contributed by atoms with Crippen molar-refractivity contribution < 1.29 is 4.42 Å². The molecule has 0 unspecified atom stereocenters. The lowest BCUT2D eigenvalue weighted by Crippen LogP contribution is -2.28. The van der Waals surface area contributed by atoms with Crippen molar-refractivity contribution in [3.8, 4) is 39.1 Å². The van der Waals surface area contributed by atoms with Gasteiger partial charge in [-0.05, 0) is 117 Å². The summed E-state index contributed by atoms with van der Waals surface area (Å²) in [5, 5.41) is 4.75. The number of furan rings is 1. The molecular weight excluding hydrogens is 849 g/mol. The fourth-order valence-electron chi connectivity index (χ4n) is 11.6. The first-order valence-electron chi connectivity index (χ1n) is 24.1. The summed E-state index contributed by atoms with van der Waals surface area (Å²) in [7, 11) is 0. The molecule has 328 valence electrons. The quantitative estimate of drug-likeness (QED) is 0.152. The van der Waals surface area contributed by atoms with Gasteiger partial charge in [0.05, 0.1) is 16.4 Å². The number of para-hydroxylation sites is 4. The van der Waals surface area contributed by atoms with Crippen LogP contribution >= 0.6 is 0 Å².